The van der Waals surface area contributed by atoms with Crippen LogP contribution in [0.1, 0.15) is 0 Å². The third-order valence-corrected chi connectivity index (χ3v) is 11.4. The van der Waals surface area contributed by atoms with Gasteiger partial charge in [-0.25, -0.2) is 0 Å². The molecule has 0 aliphatic rings. The first kappa shape index (κ1) is 26.9. The van der Waals surface area contributed by atoms with Gasteiger partial charge in [0.1, 0.15) is 0 Å². The SMILES string of the molecule is c1ccc(-n2c3ccccc3c3cc4c5c6ccccc6ccc5n(-c5cccc(-c6cccc7sc8ccccc8c67)c5)c4cc32)cc1. The molecular weight excluding hydrogens is 613 g/mol. The Hall–Kier alpha value is -6.16. The molecule has 49 heavy (non-hydrogen) atoms. The van der Waals surface area contributed by atoms with Gasteiger partial charge in [-0.1, -0.05) is 109 Å². The summed E-state index contributed by atoms with van der Waals surface area (Å²) < 4.78 is 7.55. The van der Waals surface area contributed by atoms with Crippen LogP contribution in [-0.2, 0) is 0 Å². The number of benzene rings is 8. The number of aromatic nitrogens is 2. The van der Waals surface area contributed by atoms with Gasteiger partial charge in [0.15, 0.2) is 0 Å². The molecular formula is C46H28N2S. The number of fused-ring (bicyclic) bond motifs is 11. The van der Waals surface area contributed by atoms with Gasteiger partial charge >= 0.3 is 0 Å². The largest absolute Gasteiger partial charge is 0.309 e. The molecule has 3 heteroatoms. The van der Waals surface area contributed by atoms with Crippen LogP contribution in [0.15, 0.2) is 170 Å². The van der Waals surface area contributed by atoms with Crippen molar-refractivity contribution in [2.45, 2.75) is 0 Å². The van der Waals surface area contributed by atoms with Crippen LogP contribution in [0.4, 0.5) is 0 Å². The van der Waals surface area contributed by atoms with Crippen molar-refractivity contribution in [2.24, 2.45) is 0 Å². The fraction of sp³-hybridized carbons (Fsp3) is 0. The van der Waals surface area contributed by atoms with Crippen LogP contribution in [0, 0.1) is 0 Å². The minimum atomic E-state index is 1.16. The number of hydrogen-bond acceptors (Lipinski definition) is 1. The molecule has 0 aliphatic carbocycles. The summed E-state index contributed by atoms with van der Waals surface area (Å²) in [7, 11) is 0. The summed E-state index contributed by atoms with van der Waals surface area (Å²) >= 11 is 1.87. The topological polar surface area (TPSA) is 9.86 Å². The van der Waals surface area contributed by atoms with Gasteiger partial charge in [0, 0.05) is 53.1 Å². The highest BCUT2D eigenvalue weighted by Crippen LogP contribution is 2.44. The van der Waals surface area contributed by atoms with E-state index >= 15 is 0 Å². The van der Waals surface area contributed by atoms with Crippen LogP contribution in [0.3, 0.4) is 0 Å². The molecule has 2 nitrogen and oxygen atoms in total. The van der Waals surface area contributed by atoms with E-state index in [2.05, 4.69) is 179 Å². The number of nitrogens with zero attached hydrogens (tertiary/aromatic N) is 2. The van der Waals surface area contributed by atoms with Crippen molar-refractivity contribution in [1.82, 2.24) is 9.13 Å². The van der Waals surface area contributed by atoms with Crippen LogP contribution < -0.4 is 0 Å². The highest BCUT2D eigenvalue weighted by atomic mass is 32.1. The van der Waals surface area contributed by atoms with Gasteiger partial charge in [-0.3, -0.25) is 0 Å². The number of hydrogen-bond donors (Lipinski definition) is 0. The van der Waals surface area contributed by atoms with Crippen LogP contribution in [0.2, 0.25) is 0 Å². The van der Waals surface area contributed by atoms with E-state index in [1.54, 1.807) is 0 Å². The zero-order valence-corrected chi connectivity index (χ0v) is 27.3. The van der Waals surface area contributed by atoms with Crippen molar-refractivity contribution in [2.75, 3.05) is 0 Å². The first-order chi connectivity index (χ1) is 24.3. The first-order valence-electron chi connectivity index (χ1n) is 16.8. The summed E-state index contributed by atoms with van der Waals surface area (Å²) in [5.41, 5.74) is 9.67. The number of thiophene rings is 1. The van der Waals surface area contributed by atoms with Crippen molar-refractivity contribution < 1.29 is 0 Å². The Kier molecular flexibility index (Phi) is 5.57. The zero-order valence-electron chi connectivity index (χ0n) is 26.5. The van der Waals surface area contributed by atoms with E-state index in [0.717, 1.165) is 5.69 Å². The molecule has 0 radical (unpaired) electrons. The van der Waals surface area contributed by atoms with Gasteiger partial charge in [0.2, 0.25) is 0 Å². The van der Waals surface area contributed by atoms with E-state index in [0.29, 0.717) is 0 Å². The van der Waals surface area contributed by atoms with Crippen LogP contribution in [0.5, 0.6) is 0 Å². The average Bonchev–Trinajstić information content (AvgIpc) is 3.81. The lowest BCUT2D eigenvalue weighted by atomic mass is 9.99. The zero-order chi connectivity index (χ0) is 32.1. The average molecular weight is 641 g/mol. The van der Waals surface area contributed by atoms with Crippen molar-refractivity contribution in [3.8, 4) is 22.5 Å². The van der Waals surface area contributed by atoms with Crippen LogP contribution in [-0.4, -0.2) is 9.13 Å². The summed E-state index contributed by atoms with van der Waals surface area (Å²) in [6, 6.07) is 62.5. The van der Waals surface area contributed by atoms with Crippen molar-refractivity contribution >= 4 is 85.9 Å². The van der Waals surface area contributed by atoms with Crippen LogP contribution in [0.25, 0.3) is 97.1 Å². The van der Waals surface area contributed by atoms with Gasteiger partial charge in [-0.15, -0.1) is 11.3 Å². The smallest absolute Gasteiger partial charge is 0.0562 e. The van der Waals surface area contributed by atoms with Crippen LogP contribution >= 0.6 is 11.3 Å². The molecule has 0 bridgehead atoms. The molecule has 0 amide bonds. The van der Waals surface area contributed by atoms with Gasteiger partial charge in [-0.05, 0) is 82.6 Å². The second-order valence-electron chi connectivity index (χ2n) is 12.9. The monoisotopic (exact) mass is 640 g/mol. The quantitative estimate of drug-likeness (QED) is 0.182. The maximum atomic E-state index is 2.49. The minimum absolute atomic E-state index is 1.16. The van der Waals surface area contributed by atoms with Gasteiger partial charge in [0.05, 0.1) is 22.1 Å². The predicted octanol–water partition coefficient (Wildman–Crippen LogP) is 13.1. The lowest BCUT2D eigenvalue weighted by Gasteiger charge is -2.12. The van der Waals surface area contributed by atoms with Crippen molar-refractivity contribution in [1.29, 1.82) is 0 Å². The summed E-state index contributed by atoms with van der Waals surface area (Å²) in [4.78, 5) is 0. The molecule has 0 saturated carbocycles. The second-order valence-corrected chi connectivity index (χ2v) is 14.0. The molecule has 3 aromatic heterocycles. The Morgan fingerprint density at radius 1 is 0.347 bits per heavy atom. The number of para-hydroxylation sites is 2. The molecule has 0 atom stereocenters. The Labute approximate surface area is 286 Å². The third kappa shape index (κ3) is 3.82. The number of rotatable bonds is 3. The molecule has 0 aliphatic heterocycles. The summed E-state index contributed by atoms with van der Waals surface area (Å²) in [5, 5.41) is 10.3. The molecule has 0 fully saturated rings. The highest BCUT2D eigenvalue weighted by molar-refractivity contribution is 7.25. The maximum Gasteiger partial charge on any atom is 0.0562 e. The first-order valence-corrected chi connectivity index (χ1v) is 17.6. The summed E-state index contributed by atoms with van der Waals surface area (Å²) in [6.07, 6.45) is 0. The molecule has 0 saturated heterocycles. The fourth-order valence-corrected chi connectivity index (χ4v) is 9.34. The lowest BCUT2D eigenvalue weighted by Crippen LogP contribution is -1.96. The molecule has 228 valence electrons. The van der Waals surface area contributed by atoms with Gasteiger partial charge < -0.3 is 9.13 Å². The Bertz CT molecular complexity index is 3100. The summed E-state index contributed by atoms with van der Waals surface area (Å²) in [5.74, 6) is 0. The molecule has 11 rings (SSSR count). The van der Waals surface area contributed by atoms with E-state index in [-0.39, 0.29) is 0 Å². The fourth-order valence-electron chi connectivity index (χ4n) is 8.21. The van der Waals surface area contributed by atoms with Gasteiger partial charge in [0.25, 0.3) is 0 Å². The van der Waals surface area contributed by atoms with E-state index in [4.69, 9.17) is 0 Å². The molecule has 0 unspecified atom stereocenters. The standard InChI is InChI=1S/C46H28N2S/c1-2-14-31(15-3-1)47-39-21-8-6-18-35(39)37-27-38-42(28-41(37)47)48(40-25-24-29-12-4-5-17-33(29)45(38)40)32-16-10-13-30(26-32)34-20-11-23-44-46(34)36-19-7-9-22-43(36)49-44/h1-28H. The Balaban J connectivity index is 1.26. The van der Waals surface area contributed by atoms with Crippen molar-refractivity contribution in [3.05, 3.63) is 170 Å². The lowest BCUT2D eigenvalue weighted by molar-refractivity contribution is 1.17. The molecule has 0 N–H and O–H groups in total. The van der Waals surface area contributed by atoms with Gasteiger partial charge in [-0.2, -0.15) is 0 Å². The Morgan fingerprint density at radius 2 is 1.04 bits per heavy atom. The summed E-state index contributed by atoms with van der Waals surface area (Å²) in [6.45, 7) is 0. The molecule has 8 aromatic carbocycles. The molecule has 11 aromatic rings. The van der Waals surface area contributed by atoms with Crippen molar-refractivity contribution in [3.63, 3.8) is 0 Å². The van der Waals surface area contributed by atoms with E-state index in [9.17, 15) is 0 Å². The van der Waals surface area contributed by atoms with E-state index < -0.39 is 0 Å². The molecule has 0 spiro atoms. The normalized spacial score (nSPS) is 12.1. The highest BCUT2D eigenvalue weighted by Gasteiger charge is 2.20. The second kappa shape index (κ2) is 10.2. The Morgan fingerprint density at radius 3 is 1.96 bits per heavy atom. The minimum Gasteiger partial charge on any atom is -0.309 e. The maximum absolute atomic E-state index is 2.49. The van der Waals surface area contributed by atoms with E-state index in [1.165, 1.54) is 91.4 Å². The predicted molar refractivity (Wildman–Crippen MR) is 211 cm³/mol. The van der Waals surface area contributed by atoms with E-state index in [1.807, 2.05) is 11.3 Å². The third-order valence-electron chi connectivity index (χ3n) is 10.3. The molecule has 3 heterocycles.